The Balaban J connectivity index is 1.45. The van der Waals surface area contributed by atoms with Crippen LogP contribution < -0.4 is 4.90 Å². The average molecular weight is 425 g/mol. The highest BCUT2D eigenvalue weighted by atomic mass is 35.5. The summed E-state index contributed by atoms with van der Waals surface area (Å²) in [6.07, 6.45) is 3.59. The minimum atomic E-state index is 0.263. The van der Waals surface area contributed by atoms with Crippen LogP contribution in [0.1, 0.15) is 5.56 Å². The van der Waals surface area contributed by atoms with E-state index < -0.39 is 0 Å². The smallest absolute Gasteiger partial charge is 0.229 e. The molecule has 0 radical (unpaired) electrons. The van der Waals surface area contributed by atoms with Gasteiger partial charge in [0.05, 0.1) is 18.4 Å². The molecule has 0 N–H and O–H groups in total. The van der Waals surface area contributed by atoms with Crippen molar-refractivity contribution in [1.29, 1.82) is 0 Å². The Morgan fingerprint density at radius 3 is 2.76 bits per heavy atom. The number of aromatic nitrogens is 3. The van der Waals surface area contributed by atoms with Crippen LogP contribution in [0.5, 0.6) is 0 Å². The summed E-state index contributed by atoms with van der Waals surface area (Å²) in [6.45, 7) is 1.55. The molecule has 6 nitrogen and oxygen atoms in total. The van der Waals surface area contributed by atoms with E-state index >= 15 is 0 Å². The molecule has 1 aliphatic heterocycles. The fourth-order valence-corrected chi connectivity index (χ4v) is 4.21. The van der Waals surface area contributed by atoms with Crippen LogP contribution in [0.2, 0.25) is 5.02 Å². The number of benzene rings is 2. The lowest BCUT2D eigenvalue weighted by Gasteiger charge is -2.21. The van der Waals surface area contributed by atoms with Crippen LogP contribution in [-0.2, 0) is 16.0 Å². The third kappa shape index (κ3) is 3.92. The first-order valence-electron chi connectivity index (χ1n) is 9.09. The second-order valence-corrected chi connectivity index (χ2v) is 7.97. The zero-order valence-corrected chi connectivity index (χ0v) is 16.9. The summed E-state index contributed by atoms with van der Waals surface area (Å²) in [5, 5.41) is 6.32. The number of ether oxygens (including phenoxy) is 2. The fourth-order valence-electron chi connectivity index (χ4n) is 3.14. The zero-order chi connectivity index (χ0) is 19.6. The predicted molar refractivity (Wildman–Crippen MR) is 114 cm³/mol. The van der Waals surface area contributed by atoms with Gasteiger partial charge in [-0.1, -0.05) is 65.4 Å². The summed E-state index contributed by atoms with van der Waals surface area (Å²) >= 11 is 7.65. The van der Waals surface area contributed by atoms with E-state index in [4.69, 9.17) is 31.2 Å². The van der Waals surface area contributed by atoms with Gasteiger partial charge in [-0.2, -0.15) is 0 Å². The first-order chi connectivity index (χ1) is 14.2. The highest BCUT2D eigenvalue weighted by Crippen LogP contribution is 2.29. The van der Waals surface area contributed by atoms with E-state index in [1.165, 1.54) is 16.9 Å². The van der Waals surface area contributed by atoms with Crippen molar-refractivity contribution in [2.75, 3.05) is 18.2 Å². The van der Waals surface area contributed by atoms with Gasteiger partial charge in [-0.05, 0) is 17.7 Å². The molecule has 8 heteroatoms. The lowest BCUT2D eigenvalue weighted by Crippen LogP contribution is -2.25. The van der Waals surface area contributed by atoms with Gasteiger partial charge < -0.3 is 14.4 Å². The summed E-state index contributed by atoms with van der Waals surface area (Å²) in [5.74, 6) is 0.786. The van der Waals surface area contributed by atoms with Crippen LogP contribution in [-0.4, -0.2) is 27.9 Å². The van der Waals surface area contributed by atoms with Crippen LogP contribution in [0.15, 0.2) is 72.8 Å². The molecule has 0 aliphatic carbocycles. The van der Waals surface area contributed by atoms with Gasteiger partial charge in [0.25, 0.3) is 0 Å². The zero-order valence-electron chi connectivity index (χ0n) is 15.4. The molecule has 0 atom stereocenters. The van der Waals surface area contributed by atoms with Gasteiger partial charge >= 0.3 is 0 Å². The molecule has 0 bridgehead atoms. The van der Waals surface area contributed by atoms with Gasteiger partial charge in [-0.3, -0.25) is 0 Å². The van der Waals surface area contributed by atoms with Gasteiger partial charge in [0, 0.05) is 17.1 Å². The fraction of sp³-hybridized carbons (Fsp3) is 0.143. The summed E-state index contributed by atoms with van der Waals surface area (Å²) < 4.78 is 12.5. The standard InChI is InChI=1S/C21H17ClN4O2S/c22-17-8-4-7-16(9-17)19-12-26-20(23-19)29-21(24-26)25(11-18-13-27-14-28-18)10-15-5-2-1-3-6-15/h1-9,12-13H,10-11,14H2. The molecule has 4 aromatic rings. The van der Waals surface area contributed by atoms with Gasteiger partial charge in [-0.15, -0.1) is 5.10 Å². The van der Waals surface area contributed by atoms with E-state index in [1.807, 2.05) is 53.2 Å². The van der Waals surface area contributed by atoms with Crippen molar-refractivity contribution in [3.8, 4) is 11.3 Å². The molecule has 0 saturated heterocycles. The number of hydrogen-bond acceptors (Lipinski definition) is 6. The van der Waals surface area contributed by atoms with Crippen molar-refractivity contribution in [3.63, 3.8) is 0 Å². The molecule has 1 aliphatic rings. The average Bonchev–Trinajstić information content (AvgIpc) is 3.45. The van der Waals surface area contributed by atoms with Crippen molar-refractivity contribution in [2.24, 2.45) is 0 Å². The van der Waals surface area contributed by atoms with E-state index in [2.05, 4.69) is 17.0 Å². The number of imidazole rings is 1. The topological polar surface area (TPSA) is 51.9 Å². The third-order valence-electron chi connectivity index (χ3n) is 4.51. The lowest BCUT2D eigenvalue weighted by atomic mass is 10.2. The number of fused-ring (bicyclic) bond motifs is 1. The van der Waals surface area contributed by atoms with Crippen molar-refractivity contribution in [2.45, 2.75) is 6.54 Å². The number of hydrogen-bond donors (Lipinski definition) is 0. The van der Waals surface area contributed by atoms with E-state index in [0.29, 0.717) is 18.1 Å². The van der Waals surface area contributed by atoms with E-state index in [-0.39, 0.29) is 6.79 Å². The van der Waals surface area contributed by atoms with Crippen LogP contribution >= 0.6 is 22.9 Å². The van der Waals surface area contributed by atoms with E-state index in [0.717, 1.165) is 27.1 Å². The van der Waals surface area contributed by atoms with Crippen molar-refractivity contribution < 1.29 is 9.47 Å². The number of nitrogens with zero attached hydrogens (tertiary/aromatic N) is 4. The summed E-state index contributed by atoms with van der Waals surface area (Å²) in [5.41, 5.74) is 3.02. The molecule has 29 heavy (non-hydrogen) atoms. The molecule has 0 saturated carbocycles. The molecule has 0 unspecified atom stereocenters. The predicted octanol–water partition coefficient (Wildman–Crippen LogP) is 4.96. The molecule has 0 fully saturated rings. The Morgan fingerprint density at radius 2 is 2.00 bits per heavy atom. The van der Waals surface area contributed by atoms with Gasteiger partial charge in [0.1, 0.15) is 6.26 Å². The molecular weight excluding hydrogens is 408 g/mol. The molecule has 5 rings (SSSR count). The molecule has 0 amide bonds. The Bertz CT molecular complexity index is 1140. The van der Waals surface area contributed by atoms with Crippen LogP contribution in [0.3, 0.4) is 0 Å². The van der Waals surface area contributed by atoms with E-state index in [1.54, 1.807) is 6.26 Å². The SMILES string of the molecule is Clc1cccc(-c2cn3nc(N(CC4=COCO4)Cc4ccccc4)sc3n2)c1. The van der Waals surface area contributed by atoms with Crippen LogP contribution in [0, 0.1) is 0 Å². The molecular formula is C21H17ClN4O2S. The quantitative estimate of drug-likeness (QED) is 0.437. The minimum Gasteiger partial charge on any atom is -0.462 e. The molecule has 0 spiro atoms. The van der Waals surface area contributed by atoms with Crippen molar-refractivity contribution in [3.05, 3.63) is 83.4 Å². The molecule has 146 valence electrons. The molecule has 2 aromatic carbocycles. The minimum absolute atomic E-state index is 0.263. The second kappa shape index (κ2) is 7.77. The number of halogens is 1. The summed E-state index contributed by atoms with van der Waals surface area (Å²) in [4.78, 5) is 7.71. The Hall–Kier alpha value is -3.03. The second-order valence-electron chi connectivity index (χ2n) is 6.60. The van der Waals surface area contributed by atoms with Crippen LogP contribution in [0.25, 0.3) is 16.2 Å². The van der Waals surface area contributed by atoms with Gasteiger partial charge in [-0.25, -0.2) is 9.50 Å². The number of rotatable bonds is 6. The van der Waals surface area contributed by atoms with Gasteiger partial charge in [0.2, 0.25) is 16.9 Å². The number of anilines is 1. The van der Waals surface area contributed by atoms with E-state index in [9.17, 15) is 0 Å². The van der Waals surface area contributed by atoms with Crippen molar-refractivity contribution >= 4 is 33.0 Å². The highest BCUT2D eigenvalue weighted by molar-refractivity contribution is 7.20. The monoisotopic (exact) mass is 424 g/mol. The Morgan fingerprint density at radius 1 is 1.10 bits per heavy atom. The highest BCUT2D eigenvalue weighted by Gasteiger charge is 2.19. The maximum Gasteiger partial charge on any atom is 0.229 e. The maximum absolute atomic E-state index is 6.11. The largest absolute Gasteiger partial charge is 0.462 e. The van der Waals surface area contributed by atoms with Crippen molar-refractivity contribution in [1.82, 2.24) is 14.6 Å². The maximum atomic E-state index is 6.11. The van der Waals surface area contributed by atoms with Gasteiger partial charge in [0.15, 0.2) is 5.76 Å². The summed E-state index contributed by atoms with van der Waals surface area (Å²) in [7, 11) is 0. The molecule has 2 aromatic heterocycles. The Labute approximate surface area is 176 Å². The third-order valence-corrected chi connectivity index (χ3v) is 5.73. The lowest BCUT2D eigenvalue weighted by molar-refractivity contribution is 0.0797. The summed E-state index contributed by atoms with van der Waals surface area (Å²) in [6, 6.07) is 18.0. The first kappa shape index (κ1) is 18.0. The Kier molecular flexibility index (Phi) is 4.83. The van der Waals surface area contributed by atoms with Crippen LogP contribution in [0.4, 0.5) is 5.13 Å². The first-order valence-corrected chi connectivity index (χ1v) is 10.3. The molecule has 3 heterocycles. The normalized spacial score (nSPS) is 13.2.